The van der Waals surface area contributed by atoms with E-state index in [0.29, 0.717) is 6.54 Å². The van der Waals surface area contributed by atoms with Gasteiger partial charge in [0.1, 0.15) is 5.82 Å². The second-order valence-electron chi connectivity index (χ2n) is 7.45. The first-order chi connectivity index (χ1) is 13.1. The summed E-state index contributed by atoms with van der Waals surface area (Å²) in [4.78, 5) is 0.120. The lowest BCUT2D eigenvalue weighted by Gasteiger charge is -2.07. The molecule has 0 amide bonds. The van der Waals surface area contributed by atoms with Gasteiger partial charge in [-0.15, -0.1) is 0 Å². The highest BCUT2D eigenvalue weighted by molar-refractivity contribution is 7.89. The number of hydrogen-bond acceptors (Lipinski definition) is 2. The summed E-state index contributed by atoms with van der Waals surface area (Å²) >= 11 is 0. The minimum absolute atomic E-state index is 0.120. The minimum Gasteiger partial charge on any atom is -0.211 e. The second kappa shape index (κ2) is 15.0. The zero-order valence-corrected chi connectivity index (χ0v) is 17.8. The molecule has 0 saturated carbocycles. The average Bonchev–Trinajstić information content (AvgIpc) is 2.65. The van der Waals surface area contributed by atoms with E-state index >= 15 is 0 Å². The van der Waals surface area contributed by atoms with E-state index in [2.05, 4.69) is 11.6 Å². The fourth-order valence-electron chi connectivity index (χ4n) is 3.22. The molecule has 0 spiro atoms. The van der Waals surface area contributed by atoms with Crippen molar-refractivity contribution in [2.75, 3.05) is 6.54 Å². The summed E-state index contributed by atoms with van der Waals surface area (Å²) in [5.41, 5.74) is 0. The second-order valence-corrected chi connectivity index (χ2v) is 9.21. The maximum Gasteiger partial charge on any atom is 0.240 e. The lowest BCUT2D eigenvalue weighted by molar-refractivity contribution is 0.533. The molecule has 0 unspecified atom stereocenters. The summed E-state index contributed by atoms with van der Waals surface area (Å²) < 4.78 is 39.5. The van der Waals surface area contributed by atoms with E-state index in [0.717, 1.165) is 19.3 Å². The number of halogens is 1. The van der Waals surface area contributed by atoms with Crippen LogP contribution in [-0.2, 0) is 10.0 Å². The van der Waals surface area contributed by atoms with Gasteiger partial charge >= 0.3 is 0 Å². The van der Waals surface area contributed by atoms with E-state index in [-0.39, 0.29) is 4.90 Å². The van der Waals surface area contributed by atoms with Crippen LogP contribution < -0.4 is 4.72 Å². The van der Waals surface area contributed by atoms with Gasteiger partial charge in [-0.25, -0.2) is 17.5 Å². The minimum atomic E-state index is -3.51. The maximum absolute atomic E-state index is 12.9. The highest BCUT2D eigenvalue weighted by Crippen LogP contribution is 2.13. The summed E-state index contributed by atoms with van der Waals surface area (Å²) in [5, 5.41) is 0. The van der Waals surface area contributed by atoms with Gasteiger partial charge in [0.05, 0.1) is 4.90 Å². The first-order valence-corrected chi connectivity index (χ1v) is 12.3. The maximum atomic E-state index is 12.9. The molecule has 1 rings (SSSR count). The van der Waals surface area contributed by atoms with E-state index in [9.17, 15) is 12.8 Å². The van der Waals surface area contributed by atoms with Gasteiger partial charge in [0.15, 0.2) is 0 Å². The Morgan fingerprint density at radius 2 is 1.11 bits per heavy atom. The molecule has 0 atom stereocenters. The van der Waals surface area contributed by atoms with Crippen molar-refractivity contribution >= 4 is 10.0 Å². The van der Waals surface area contributed by atoms with Crippen LogP contribution >= 0.6 is 0 Å². The number of nitrogens with one attached hydrogen (secondary N) is 1. The van der Waals surface area contributed by atoms with E-state index in [1.54, 1.807) is 0 Å². The Labute approximate surface area is 166 Å². The molecule has 0 aliphatic rings. The number of hydrogen-bond donors (Lipinski definition) is 1. The van der Waals surface area contributed by atoms with E-state index in [1.807, 2.05) is 0 Å². The lowest BCUT2D eigenvalue weighted by atomic mass is 10.0. The zero-order chi connectivity index (χ0) is 19.8. The molecule has 156 valence electrons. The molecular weight excluding hydrogens is 361 g/mol. The molecule has 1 aromatic rings. The van der Waals surface area contributed by atoms with Gasteiger partial charge in [-0.1, -0.05) is 90.4 Å². The van der Waals surface area contributed by atoms with Gasteiger partial charge < -0.3 is 0 Å². The summed E-state index contributed by atoms with van der Waals surface area (Å²) in [7, 11) is -3.51. The Bertz CT molecular complexity index is 572. The van der Waals surface area contributed by atoms with Gasteiger partial charge in [0, 0.05) is 6.54 Å². The van der Waals surface area contributed by atoms with Gasteiger partial charge in [-0.05, 0) is 30.7 Å². The molecule has 0 bridgehead atoms. The molecule has 3 nitrogen and oxygen atoms in total. The Morgan fingerprint density at radius 1 is 0.704 bits per heavy atom. The molecule has 0 saturated heterocycles. The van der Waals surface area contributed by atoms with Crippen LogP contribution in [0.2, 0.25) is 0 Å². The number of sulfonamides is 1. The van der Waals surface area contributed by atoms with Crippen molar-refractivity contribution in [3.63, 3.8) is 0 Å². The van der Waals surface area contributed by atoms with Crippen LogP contribution in [0.3, 0.4) is 0 Å². The largest absolute Gasteiger partial charge is 0.240 e. The third-order valence-electron chi connectivity index (χ3n) is 4.95. The lowest BCUT2D eigenvalue weighted by Crippen LogP contribution is -2.24. The van der Waals surface area contributed by atoms with E-state index in [4.69, 9.17) is 0 Å². The van der Waals surface area contributed by atoms with Crippen molar-refractivity contribution in [2.45, 2.75) is 102 Å². The molecule has 1 aromatic carbocycles. The molecule has 1 N–H and O–H groups in total. The number of benzene rings is 1. The van der Waals surface area contributed by atoms with Gasteiger partial charge in [0.2, 0.25) is 10.0 Å². The van der Waals surface area contributed by atoms with Gasteiger partial charge in [0.25, 0.3) is 0 Å². The summed E-state index contributed by atoms with van der Waals surface area (Å²) in [6.07, 6.45) is 17.9. The zero-order valence-electron chi connectivity index (χ0n) is 17.0. The molecule has 0 radical (unpaired) electrons. The number of rotatable bonds is 17. The first kappa shape index (κ1) is 24.1. The molecule has 0 aliphatic heterocycles. The Balaban J connectivity index is 1.91. The highest BCUT2D eigenvalue weighted by atomic mass is 32.2. The monoisotopic (exact) mass is 399 g/mol. The van der Waals surface area contributed by atoms with Gasteiger partial charge in [-0.3, -0.25) is 0 Å². The first-order valence-electron chi connectivity index (χ1n) is 10.8. The standard InChI is InChI=1S/C22H38FNO2S/c1-2-3-4-5-6-7-8-9-10-11-12-13-14-15-20-24-27(25,26)22-18-16-21(23)17-19-22/h16-19,24H,2-15,20H2,1H3. The van der Waals surface area contributed by atoms with E-state index < -0.39 is 15.8 Å². The van der Waals surface area contributed by atoms with Crippen LogP contribution in [-0.4, -0.2) is 15.0 Å². The Kier molecular flexibility index (Phi) is 13.4. The third-order valence-corrected chi connectivity index (χ3v) is 6.42. The third kappa shape index (κ3) is 12.2. The molecule has 0 heterocycles. The van der Waals surface area contributed by atoms with Crippen LogP contribution in [0.5, 0.6) is 0 Å². The normalized spacial score (nSPS) is 11.8. The van der Waals surface area contributed by atoms with Crippen LogP contribution in [0, 0.1) is 5.82 Å². The molecule has 5 heteroatoms. The van der Waals surface area contributed by atoms with Crippen molar-refractivity contribution in [3.05, 3.63) is 30.1 Å². The fraction of sp³-hybridized carbons (Fsp3) is 0.727. The van der Waals surface area contributed by atoms with Crippen LogP contribution in [0.4, 0.5) is 4.39 Å². The number of unbranched alkanes of at least 4 members (excludes halogenated alkanes) is 13. The topological polar surface area (TPSA) is 46.2 Å². The summed E-state index contributed by atoms with van der Waals surface area (Å²) in [5.74, 6) is -0.430. The van der Waals surface area contributed by atoms with Crippen LogP contribution in [0.15, 0.2) is 29.2 Å². The fourth-order valence-corrected chi connectivity index (χ4v) is 4.30. The Hall–Kier alpha value is -0.940. The summed E-state index contributed by atoms with van der Waals surface area (Å²) in [6, 6.07) is 4.92. The van der Waals surface area contributed by atoms with Crippen molar-refractivity contribution in [2.24, 2.45) is 0 Å². The SMILES string of the molecule is CCCCCCCCCCCCCCCCNS(=O)(=O)c1ccc(F)cc1. The Morgan fingerprint density at radius 3 is 1.56 bits per heavy atom. The average molecular weight is 400 g/mol. The summed E-state index contributed by atoms with van der Waals surface area (Å²) in [6.45, 7) is 2.70. The van der Waals surface area contributed by atoms with Crippen LogP contribution in [0.25, 0.3) is 0 Å². The van der Waals surface area contributed by atoms with Crippen LogP contribution in [0.1, 0.15) is 96.8 Å². The molecule has 0 fully saturated rings. The van der Waals surface area contributed by atoms with Crippen molar-refractivity contribution in [1.29, 1.82) is 0 Å². The van der Waals surface area contributed by atoms with Crippen molar-refractivity contribution in [1.82, 2.24) is 4.72 Å². The predicted octanol–water partition coefficient (Wildman–Crippen LogP) is 6.59. The molecular formula is C22H38FNO2S. The molecule has 27 heavy (non-hydrogen) atoms. The highest BCUT2D eigenvalue weighted by Gasteiger charge is 2.12. The quantitative estimate of drug-likeness (QED) is 0.301. The predicted molar refractivity (Wildman–Crippen MR) is 112 cm³/mol. The molecule has 0 aliphatic carbocycles. The smallest absolute Gasteiger partial charge is 0.211 e. The van der Waals surface area contributed by atoms with Crippen molar-refractivity contribution < 1.29 is 12.8 Å². The van der Waals surface area contributed by atoms with Gasteiger partial charge in [-0.2, -0.15) is 0 Å². The molecule has 0 aromatic heterocycles. The van der Waals surface area contributed by atoms with Crippen molar-refractivity contribution in [3.8, 4) is 0 Å². The van der Waals surface area contributed by atoms with E-state index in [1.165, 1.54) is 94.9 Å².